The number of unbranched alkanes of at least 4 members (excludes halogenated alkanes) is 3. The summed E-state index contributed by atoms with van der Waals surface area (Å²) in [6.45, 7) is 34.2. The van der Waals surface area contributed by atoms with Gasteiger partial charge in [-0.15, -0.1) is 0 Å². The molecule has 0 heterocycles. The van der Waals surface area contributed by atoms with Crippen molar-refractivity contribution in [3.05, 3.63) is 36.5 Å². The monoisotopic (exact) mass is 688 g/mol. The number of allylic oxidation sites excluding steroid dienone is 6. The van der Waals surface area contributed by atoms with Crippen molar-refractivity contribution >= 4 is 30.9 Å². The number of rotatable bonds is 15. The molecule has 46 heavy (non-hydrogen) atoms. The Labute approximate surface area is 287 Å². The molecular weight excluding hydrogens is 621 g/mol. The maximum absolute atomic E-state index is 14.2. The lowest BCUT2D eigenvalue weighted by molar-refractivity contribution is -0.262. The fourth-order valence-corrected chi connectivity index (χ4v) is 6.52. The third kappa shape index (κ3) is 15.5. The van der Waals surface area contributed by atoms with Gasteiger partial charge in [-0.2, -0.15) is 0 Å². The van der Waals surface area contributed by atoms with Gasteiger partial charge in [-0.3, -0.25) is 0 Å². The maximum Gasteiger partial charge on any atom is 0.397 e. The summed E-state index contributed by atoms with van der Waals surface area (Å²) in [5.41, 5.74) is 0. The van der Waals surface area contributed by atoms with Crippen LogP contribution >= 0.6 is 0 Å². The second-order valence-corrected chi connectivity index (χ2v) is 30.8. The normalized spacial score (nSPS) is 14.0. The van der Waals surface area contributed by atoms with Crippen molar-refractivity contribution in [2.75, 3.05) is 0 Å². The van der Waals surface area contributed by atoms with Crippen LogP contribution in [-0.4, -0.2) is 36.7 Å². The number of hydrogen-bond acceptors (Lipinski definition) is 5. The summed E-state index contributed by atoms with van der Waals surface area (Å²) in [5, 5.41) is -0.424. The average Bonchev–Trinajstić information content (AvgIpc) is 2.89. The molecule has 0 aromatic carbocycles. The standard InChI is InChI=1S/C38H68O5Si3/c1-17-18-19-20-21-22-23-24-25-26-27-28-29-30-31-32-33-38(41-44(11,12)35(2,3)4,42-45(13,14)36(5,6)7)34(39)40-43-46(15,16)37(8,9)10/h19-20,25-28H,17-18,23-24,31-33H2,1-16H3. The fourth-order valence-electron chi connectivity index (χ4n) is 3.18. The van der Waals surface area contributed by atoms with Gasteiger partial charge >= 0.3 is 5.97 Å². The lowest BCUT2D eigenvalue weighted by Crippen LogP contribution is -2.61. The molecule has 0 fully saturated rings. The number of carbonyl (C=O) groups is 1. The zero-order chi connectivity index (χ0) is 35.9. The molecule has 0 atom stereocenters. The zero-order valence-corrected chi connectivity index (χ0v) is 35.5. The third-order valence-electron chi connectivity index (χ3n) is 9.43. The largest absolute Gasteiger partial charge is 0.397 e. The molecule has 0 rings (SSSR count). The minimum atomic E-state index is -2.50. The van der Waals surface area contributed by atoms with E-state index in [4.69, 9.17) is 18.3 Å². The Balaban J connectivity index is 6.00. The van der Waals surface area contributed by atoms with E-state index in [0.717, 1.165) is 25.7 Å². The van der Waals surface area contributed by atoms with Gasteiger partial charge in [0.05, 0.1) is 0 Å². The van der Waals surface area contributed by atoms with Crippen molar-refractivity contribution in [1.29, 1.82) is 0 Å². The fraction of sp³-hybridized carbons (Fsp3) is 0.711. The van der Waals surface area contributed by atoms with Crippen LogP contribution < -0.4 is 0 Å². The van der Waals surface area contributed by atoms with Crippen molar-refractivity contribution in [3.63, 3.8) is 0 Å². The molecule has 0 saturated heterocycles. The molecule has 0 bridgehead atoms. The van der Waals surface area contributed by atoms with Gasteiger partial charge in [-0.25, -0.2) is 9.37 Å². The van der Waals surface area contributed by atoms with Gasteiger partial charge in [-0.1, -0.05) is 124 Å². The first kappa shape index (κ1) is 44.3. The van der Waals surface area contributed by atoms with E-state index in [1.807, 2.05) is 24.3 Å². The highest BCUT2D eigenvalue weighted by Gasteiger charge is 2.56. The highest BCUT2D eigenvalue weighted by molar-refractivity contribution is 6.75. The highest BCUT2D eigenvalue weighted by atomic mass is 28.4. The highest BCUT2D eigenvalue weighted by Crippen LogP contribution is 2.46. The van der Waals surface area contributed by atoms with Crippen molar-refractivity contribution in [1.82, 2.24) is 0 Å². The predicted octanol–water partition coefficient (Wildman–Crippen LogP) is 11.6. The summed E-state index contributed by atoms with van der Waals surface area (Å²) in [4.78, 5) is 20.0. The van der Waals surface area contributed by atoms with E-state index >= 15 is 0 Å². The third-order valence-corrected chi connectivity index (χ3v) is 22.4. The average molecular weight is 689 g/mol. The van der Waals surface area contributed by atoms with Crippen LogP contribution in [0.25, 0.3) is 0 Å². The lowest BCUT2D eigenvalue weighted by Gasteiger charge is -2.49. The molecule has 0 aromatic heterocycles. The Morgan fingerprint density at radius 3 is 1.65 bits per heavy atom. The Morgan fingerprint density at radius 2 is 1.15 bits per heavy atom. The van der Waals surface area contributed by atoms with Gasteiger partial charge in [0, 0.05) is 19.3 Å². The molecule has 0 radical (unpaired) electrons. The van der Waals surface area contributed by atoms with Crippen LogP contribution in [0.2, 0.25) is 54.4 Å². The molecule has 8 heteroatoms. The second-order valence-electron chi connectivity index (χ2n) is 16.7. The molecule has 5 nitrogen and oxygen atoms in total. The Morgan fingerprint density at radius 1 is 0.652 bits per heavy atom. The SMILES string of the molecule is CCCC=CC#CCCC=CC=CC#CCCCC(O[Si](C)(C)C(C)(C)C)(O[Si](C)(C)C(C)(C)C)C(=O)OO[Si](C)(C)C(C)(C)C. The minimum Gasteiger partial charge on any atom is -0.382 e. The van der Waals surface area contributed by atoms with Gasteiger partial charge in [0.15, 0.2) is 16.6 Å². The molecule has 0 saturated carbocycles. The van der Waals surface area contributed by atoms with Crippen LogP contribution in [0, 0.1) is 23.7 Å². The first-order chi connectivity index (χ1) is 20.9. The van der Waals surface area contributed by atoms with E-state index in [9.17, 15) is 4.79 Å². The minimum absolute atomic E-state index is 0.131. The molecule has 0 N–H and O–H groups in total. The van der Waals surface area contributed by atoms with Crippen molar-refractivity contribution < 1.29 is 23.1 Å². The Kier molecular flexibility index (Phi) is 18.1. The van der Waals surface area contributed by atoms with Crippen molar-refractivity contribution in [3.8, 4) is 23.7 Å². The van der Waals surface area contributed by atoms with E-state index in [2.05, 4.69) is 144 Å². The molecule has 0 aliphatic carbocycles. The van der Waals surface area contributed by atoms with E-state index < -0.39 is 36.7 Å². The summed E-state index contributed by atoms with van der Waals surface area (Å²) >= 11 is 0. The van der Waals surface area contributed by atoms with Crippen molar-refractivity contribution in [2.45, 2.75) is 174 Å². The van der Waals surface area contributed by atoms with Gasteiger partial charge < -0.3 is 13.7 Å². The summed E-state index contributed by atoms with van der Waals surface area (Å²) in [6, 6.07) is 0. The molecule has 0 aromatic rings. The number of carbonyl (C=O) groups excluding carboxylic acids is 1. The summed E-state index contributed by atoms with van der Waals surface area (Å²) in [7, 11) is -7.39. The first-order valence-electron chi connectivity index (χ1n) is 17.1. The van der Waals surface area contributed by atoms with E-state index in [1.165, 1.54) is 0 Å². The summed E-state index contributed by atoms with van der Waals surface area (Å²) < 4.78 is 20.0. The molecule has 0 spiro atoms. The molecule has 0 amide bonds. The number of hydrogen-bond donors (Lipinski definition) is 0. The Hall–Kier alpha value is -1.66. The van der Waals surface area contributed by atoms with Gasteiger partial charge in [0.1, 0.15) is 0 Å². The predicted molar refractivity (Wildman–Crippen MR) is 205 cm³/mol. The molecule has 0 aliphatic rings. The molecule has 0 unspecified atom stereocenters. The maximum atomic E-state index is 14.2. The van der Waals surface area contributed by atoms with Crippen LogP contribution in [0.4, 0.5) is 0 Å². The first-order valence-corrected chi connectivity index (χ1v) is 25.8. The van der Waals surface area contributed by atoms with Gasteiger partial charge in [0.2, 0.25) is 0 Å². The Bertz CT molecular complexity index is 1120. The van der Waals surface area contributed by atoms with Gasteiger partial charge in [0.25, 0.3) is 14.1 Å². The smallest absolute Gasteiger partial charge is 0.382 e. The van der Waals surface area contributed by atoms with E-state index in [0.29, 0.717) is 19.3 Å². The molecule has 262 valence electrons. The lowest BCUT2D eigenvalue weighted by atomic mass is 10.1. The zero-order valence-electron chi connectivity index (χ0n) is 32.5. The topological polar surface area (TPSA) is 54.0 Å². The van der Waals surface area contributed by atoms with Crippen LogP contribution in [0.5, 0.6) is 0 Å². The van der Waals surface area contributed by atoms with Crippen LogP contribution in [0.15, 0.2) is 36.5 Å². The second kappa shape index (κ2) is 18.8. The van der Waals surface area contributed by atoms with Crippen LogP contribution in [-0.2, 0) is 23.1 Å². The van der Waals surface area contributed by atoms with Gasteiger partial charge in [-0.05, 0) is 85.8 Å². The van der Waals surface area contributed by atoms with Crippen LogP contribution in [0.3, 0.4) is 0 Å². The summed E-state index contributed by atoms with van der Waals surface area (Å²) in [6.07, 6.45) is 17.5. The quantitative estimate of drug-likeness (QED) is 0.0326. The van der Waals surface area contributed by atoms with E-state index in [-0.39, 0.29) is 15.1 Å². The van der Waals surface area contributed by atoms with Crippen molar-refractivity contribution in [2.24, 2.45) is 0 Å². The molecular formula is C38H68O5Si3. The molecule has 0 aliphatic heterocycles. The summed E-state index contributed by atoms with van der Waals surface area (Å²) in [5.74, 6) is 10.4. The van der Waals surface area contributed by atoms with E-state index in [1.54, 1.807) is 0 Å². The van der Waals surface area contributed by atoms with Crippen LogP contribution in [0.1, 0.15) is 114 Å².